The number of nitrogens with zero attached hydrogens (tertiary/aromatic N) is 2. The van der Waals surface area contributed by atoms with Crippen LogP contribution in [0.25, 0.3) is 0 Å². The van der Waals surface area contributed by atoms with Crippen LogP contribution in [0.4, 0.5) is 0 Å². The summed E-state index contributed by atoms with van der Waals surface area (Å²) in [6.07, 6.45) is 3.88. The van der Waals surface area contributed by atoms with Gasteiger partial charge in [-0.3, -0.25) is 0 Å². The van der Waals surface area contributed by atoms with Gasteiger partial charge in [-0.1, -0.05) is 13.8 Å². The zero-order valence-corrected chi connectivity index (χ0v) is 12.1. The Labute approximate surface area is 113 Å². The van der Waals surface area contributed by atoms with Crippen molar-refractivity contribution in [2.75, 3.05) is 6.54 Å². The van der Waals surface area contributed by atoms with Crippen molar-refractivity contribution in [3.05, 3.63) is 40.1 Å². The van der Waals surface area contributed by atoms with Crippen molar-refractivity contribution in [1.82, 2.24) is 9.55 Å². The van der Waals surface area contributed by atoms with Crippen LogP contribution in [0.5, 0.6) is 0 Å². The first-order valence-corrected chi connectivity index (χ1v) is 7.24. The maximum atomic E-state index is 5.90. The van der Waals surface area contributed by atoms with Crippen molar-refractivity contribution in [3.63, 3.8) is 0 Å². The van der Waals surface area contributed by atoms with E-state index in [1.165, 1.54) is 16.1 Å². The zero-order chi connectivity index (χ0) is 13.1. The molecule has 98 valence electrons. The van der Waals surface area contributed by atoms with E-state index < -0.39 is 0 Å². The third kappa shape index (κ3) is 2.65. The molecule has 3 nitrogen and oxygen atoms in total. The minimum Gasteiger partial charge on any atom is -0.330 e. The van der Waals surface area contributed by atoms with Gasteiger partial charge < -0.3 is 10.3 Å². The normalized spacial score (nSPS) is 13.2. The molecule has 0 aromatic carbocycles. The fourth-order valence-electron chi connectivity index (χ4n) is 2.23. The van der Waals surface area contributed by atoms with Crippen molar-refractivity contribution in [2.45, 2.75) is 33.2 Å². The number of hydrogen-bond acceptors (Lipinski definition) is 3. The van der Waals surface area contributed by atoms with E-state index in [1.807, 2.05) is 12.5 Å². The minimum atomic E-state index is 0.382. The summed E-state index contributed by atoms with van der Waals surface area (Å²) in [5.41, 5.74) is 8.50. The van der Waals surface area contributed by atoms with Gasteiger partial charge in [-0.15, -0.1) is 11.3 Å². The number of nitrogens with two attached hydrogens (primary N) is 1. The van der Waals surface area contributed by atoms with Gasteiger partial charge in [-0.05, 0) is 29.9 Å². The molecule has 0 saturated carbocycles. The Bertz CT molecular complexity index is 499. The molecule has 2 N–H and O–H groups in total. The maximum absolute atomic E-state index is 5.90. The van der Waals surface area contributed by atoms with Gasteiger partial charge in [0.15, 0.2) is 0 Å². The number of thiophene rings is 1. The predicted molar refractivity (Wildman–Crippen MR) is 77.0 cm³/mol. The Hall–Kier alpha value is -1.13. The first-order chi connectivity index (χ1) is 8.63. The van der Waals surface area contributed by atoms with E-state index in [4.69, 9.17) is 5.73 Å². The number of aromatic nitrogens is 2. The van der Waals surface area contributed by atoms with Crippen LogP contribution < -0.4 is 5.73 Å². The summed E-state index contributed by atoms with van der Waals surface area (Å²) >= 11 is 1.80. The summed E-state index contributed by atoms with van der Waals surface area (Å²) in [7, 11) is 0. The lowest BCUT2D eigenvalue weighted by Gasteiger charge is -2.20. The summed E-state index contributed by atoms with van der Waals surface area (Å²) in [4.78, 5) is 5.69. The first kappa shape index (κ1) is 13.3. The maximum Gasteiger partial charge on any atom is 0.0951 e. The van der Waals surface area contributed by atoms with Gasteiger partial charge >= 0.3 is 0 Å². The monoisotopic (exact) mass is 263 g/mol. The van der Waals surface area contributed by atoms with E-state index in [2.05, 4.69) is 41.8 Å². The second-order valence-corrected chi connectivity index (χ2v) is 6.06. The average Bonchev–Trinajstić information content (AvgIpc) is 2.91. The smallest absolute Gasteiger partial charge is 0.0951 e. The lowest BCUT2D eigenvalue weighted by Crippen LogP contribution is -2.21. The number of aryl methyl sites for hydroxylation is 1. The Morgan fingerprint density at radius 1 is 1.44 bits per heavy atom. The molecule has 1 unspecified atom stereocenters. The van der Waals surface area contributed by atoms with E-state index in [0.717, 1.165) is 6.54 Å². The second-order valence-electron chi connectivity index (χ2n) is 5.06. The van der Waals surface area contributed by atoms with Crippen LogP contribution in [0.2, 0.25) is 0 Å². The molecule has 0 fully saturated rings. The summed E-state index contributed by atoms with van der Waals surface area (Å²) in [5.74, 6) is 0.919. The largest absolute Gasteiger partial charge is 0.330 e. The Morgan fingerprint density at radius 2 is 2.22 bits per heavy atom. The van der Waals surface area contributed by atoms with E-state index in [9.17, 15) is 0 Å². The van der Waals surface area contributed by atoms with Crippen molar-refractivity contribution >= 4 is 11.3 Å². The molecule has 2 rings (SSSR count). The fourth-order valence-corrected chi connectivity index (χ4v) is 3.13. The van der Waals surface area contributed by atoms with Crippen LogP contribution in [0.15, 0.2) is 24.0 Å². The lowest BCUT2D eigenvalue weighted by molar-refractivity contribution is 0.478. The molecular weight excluding hydrogens is 242 g/mol. The van der Waals surface area contributed by atoms with E-state index in [0.29, 0.717) is 18.4 Å². The van der Waals surface area contributed by atoms with E-state index >= 15 is 0 Å². The molecule has 4 heteroatoms. The highest BCUT2D eigenvalue weighted by atomic mass is 32.1. The molecule has 2 aromatic rings. The number of imidazole rings is 1. The van der Waals surface area contributed by atoms with E-state index in [1.54, 1.807) is 11.3 Å². The average molecular weight is 263 g/mol. The summed E-state index contributed by atoms with van der Waals surface area (Å²) in [6.45, 7) is 8.16. The van der Waals surface area contributed by atoms with Crippen LogP contribution in [0.1, 0.15) is 35.9 Å². The quantitative estimate of drug-likeness (QED) is 0.901. The highest BCUT2D eigenvalue weighted by Gasteiger charge is 2.18. The van der Waals surface area contributed by atoms with Crippen LogP contribution in [0.3, 0.4) is 0 Å². The minimum absolute atomic E-state index is 0.382. The summed E-state index contributed by atoms with van der Waals surface area (Å²) in [6, 6.07) is 2.17. The molecule has 2 heterocycles. The van der Waals surface area contributed by atoms with Gasteiger partial charge in [0.05, 0.1) is 12.9 Å². The van der Waals surface area contributed by atoms with Crippen molar-refractivity contribution in [1.29, 1.82) is 0 Å². The fraction of sp³-hybridized carbons (Fsp3) is 0.500. The standard InChI is InChI=1S/C14H21N3S/c1-10(2)12(6-15)13-7-16-9-17(13)8-14-11(3)4-5-18-14/h4-5,7,9-10,12H,6,8,15H2,1-3H3. The molecule has 0 aliphatic rings. The van der Waals surface area contributed by atoms with Crippen LogP contribution in [0, 0.1) is 12.8 Å². The Kier molecular flexibility index (Phi) is 4.19. The summed E-state index contributed by atoms with van der Waals surface area (Å²) < 4.78 is 2.23. The van der Waals surface area contributed by atoms with Gasteiger partial charge in [-0.2, -0.15) is 0 Å². The van der Waals surface area contributed by atoms with Gasteiger partial charge in [0.2, 0.25) is 0 Å². The molecule has 18 heavy (non-hydrogen) atoms. The molecule has 0 aliphatic heterocycles. The van der Waals surface area contributed by atoms with Crippen molar-refractivity contribution in [2.24, 2.45) is 11.7 Å². The van der Waals surface area contributed by atoms with Crippen LogP contribution in [-0.4, -0.2) is 16.1 Å². The van der Waals surface area contributed by atoms with Crippen molar-refractivity contribution in [3.8, 4) is 0 Å². The zero-order valence-electron chi connectivity index (χ0n) is 11.3. The van der Waals surface area contributed by atoms with Crippen LogP contribution in [-0.2, 0) is 6.54 Å². The predicted octanol–water partition coefficient (Wildman–Crippen LogP) is 3.00. The Morgan fingerprint density at radius 3 is 2.78 bits per heavy atom. The highest BCUT2D eigenvalue weighted by Crippen LogP contribution is 2.25. The molecule has 2 aromatic heterocycles. The molecule has 0 bridgehead atoms. The first-order valence-electron chi connectivity index (χ1n) is 6.36. The lowest BCUT2D eigenvalue weighted by atomic mass is 9.93. The topological polar surface area (TPSA) is 43.8 Å². The van der Waals surface area contributed by atoms with Gasteiger partial charge in [0.25, 0.3) is 0 Å². The summed E-state index contributed by atoms with van der Waals surface area (Å²) in [5, 5.41) is 2.14. The molecule has 0 aliphatic carbocycles. The third-order valence-corrected chi connectivity index (χ3v) is 4.47. The van der Waals surface area contributed by atoms with Gasteiger partial charge in [0.1, 0.15) is 0 Å². The molecule has 0 saturated heterocycles. The molecule has 1 atom stereocenters. The van der Waals surface area contributed by atoms with E-state index in [-0.39, 0.29) is 0 Å². The van der Waals surface area contributed by atoms with Gasteiger partial charge in [0, 0.05) is 29.2 Å². The highest BCUT2D eigenvalue weighted by molar-refractivity contribution is 7.10. The SMILES string of the molecule is Cc1ccsc1Cn1cncc1C(CN)C(C)C. The Balaban J connectivity index is 2.25. The van der Waals surface area contributed by atoms with Crippen molar-refractivity contribution < 1.29 is 0 Å². The second kappa shape index (κ2) is 5.67. The molecule has 0 spiro atoms. The molecular formula is C14H21N3S. The molecule has 0 radical (unpaired) electrons. The third-order valence-electron chi connectivity index (χ3n) is 3.47. The molecule has 0 amide bonds. The number of hydrogen-bond donors (Lipinski definition) is 1. The van der Waals surface area contributed by atoms with Gasteiger partial charge in [-0.25, -0.2) is 4.98 Å². The number of rotatable bonds is 5. The van der Waals surface area contributed by atoms with Crippen LogP contribution >= 0.6 is 11.3 Å².